The van der Waals surface area contributed by atoms with Crippen LogP contribution in [-0.4, -0.2) is 35.3 Å². The van der Waals surface area contributed by atoms with Gasteiger partial charge in [0.05, 0.1) is 11.1 Å². The highest BCUT2D eigenvalue weighted by Gasteiger charge is 2.25. The van der Waals surface area contributed by atoms with Crippen LogP contribution in [0, 0.1) is 5.41 Å². The highest BCUT2D eigenvalue weighted by molar-refractivity contribution is 9.10. The van der Waals surface area contributed by atoms with Gasteiger partial charge in [0, 0.05) is 25.2 Å². The predicted octanol–water partition coefficient (Wildman–Crippen LogP) is 2.49. The minimum atomic E-state index is -0.0931. The van der Waals surface area contributed by atoms with E-state index in [9.17, 15) is 5.11 Å². The molecule has 102 valence electrons. The summed E-state index contributed by atoms with van der Waals surface area (Å²) >= 11 is 3.42. The third-order valence-electron chi connectivity index (χ3n) is 3.43. The Labute approximate surface area is 117 Å². The van der Waals surface area contributed by atoms with Crippen LogP contribution in [0.1, 0.15) is 26.7 Å². The second-order valence-corrected chi connectivity index (χ2v) is 5.21. The van der Waals surface area contributed by atoms with Crippen LogP contribution in [0.25, 0.3) is 0 Å². The van der Waals surface area contributed by atoms with E-state index < -0.39 is 0 Å². The van der Waals surface area contributed by atoms with Gasteiger partial charge < -0.3 is 15.7 Å². The summed E-state index contributed by atoms with van der Waals surface area (Å²) in [6.45, 7) is 5.05. The lowest BCUT2D eigenvalue weighted by Gasteiger charge is -2.29. The molecule has 1 aromatic rings. The molecule has 0 saturated heterocycles. The molecule has 0 radical (unpaired) electrons. The minimum Gasteiger partial charge on any atom is -0.396 e. The number of nitrogens with zero attached hydrogens (tertiary/aromatic N) is 2. The van der Waals surface area contributed by atoms with E-state index in [0.29, 0.717) is 12.5 Å². The number of halogens is 1. The van der Waals surface area contributed by atoms with Crippen molar-refractivity contribution < 1.29 is 5.11 Å². The first-order valence-electron chi connectivity index (χ1n) is 6.15. The first-order chi connectivity index (χ1) is 8.60. The molecule has 0 spiro atoms. The van der Waals surface area contributed by atoms with Gasteiger partial charge in [-0.3, -0.25) is 0 Å². The summed E-state index contributed by atoms with van der Waals surface area (Å²) in [4.78, 5) is 8.44. The number of aliphatic hydroxyl groups excluding tert-OH is 1. The zero-order chi connectivity index (χ0) is 13.6. The Bertz CT molecular complexity index is 374. The first-order valence-corrected chi connectivity index (χ1v) is 6.95. The van der Waals surface area contributed by atoms with Crippen LogP contribution >= 0.6 is 15.9 Å². The molecule has 0 amide bonds. The fourth-order valence-electron chi connectivity index (χ4n) is 1.66. The van der Waals surface area contributed by atoms with E-state index >= 15 is 0 Å². The van der Waals surface area contributed by atoms with Crippen molar-refractivity contribution in [1.29, 1.82) is 0 Å². The fraction of sp³-hybridized carbons (Fsp3) is 0.667. The van der Waals surface area contributed by atoms with Crippen molar-refractivity contribution in [1.82, 2.24) is 9.97 Å². The molecule has 0 aliphatic carbocycles. The molecule has 0 aliphatic rings. The number of rotatable bonds is 7. The predicted molar refractivity (Wildman–Crippen MR) is 77.9 cm³/mol. The lowest BCUT2D eigenvalue weighted by molar-refractivity contribution is 0.127. The molecule has 0 aromatic carbocycles. The quantitative estimate of drug-likeness (QED) is 0.721. The molecule has 1 aromatic heterocycles. The maximum absolute atomic E-state index is 9.53. The van der Waals surface area contributed by atoms with Crippen molar-refractivity contribution in [2.24, 2.45) is 5.41 Å². The average Bonchev–Trinajstić information content (AvgIpc) is 2.42. The number of hydrogen-bond acceptors (Lipinski definition) is 5. The molecular formula is C12H21BrN4O. The summed E-state index contributed by atoms with van der Waals surface area (Å²) in [6, 6.07) is 0. The minimum absolute atomic E-state index is 0.0931. The lowest BCUT2D eigenvalue weighted by Crippen LogP contribution is -2.32. The molecular weight excluding hydrogens is 296 g/mol. The van der Waals surface area contributed by atoms with Gasteiger partial charge in [0.25, 0.3) is 0 Å². The number of aromatic nitrogens is 2. The lowest BCUT2D eigenvalue weighted by atomic mass is 9.83. The van der Waals surface area contributed by atoms with Crippen molar-refractivity contribution in [2.45, 2.75) is 26.7 Å². The zero-order valence-corrected chi connectivity index (χ0v) is 12.7. The maximum atomic E-state index is 9.53. The van der Waals surface area contributed by atoms with E-state index in [1.165, 1.54) is 0 Å². The fourth-order valence-corrected chi connectivity index (χ4v) is 1.99. The molecule has 1 rings (SSSR count). The Hall–Kier alpha value is -0.880. The summed E-state index contributed by atoms with van der Waals surface area (Å²) in [6.07, 6.45) is 3.56. The van der Waals surface area contributed by atoms with Gasteiger partial charge in [-0.05, 0) is 28.8 Å². The van der Waals surface area contributed by atoms with Crippen LogP contribution in [0.3, 0.4) is 0 Å². The molecule has 3 N–H and O–H groups in total. The van der Waals surface area contributed by atoms with Crippen molar-refractivity contribution in [3.63, 3.8) is 0 Å². The Morgan fingerprint density at radius 3 is 2.56 bits per heavy atom. The van der Waals surface area contributed by atoms with Crippen LogP contribution in [0.15, 0.2) is 10.7 Å². The van der Waals surface area contributed by atoms with Crippen LogP contribution in [0.5, 0.6) is 0 Å². The standard InChI is InChI=1S/C12H21BrN4O/c1-4-12(5-2,8-18)7-16-10-9(13)6-15-11(14-3)17-10/h6,18H,4-5,7-8H2,1-3H3,(H2,14,15,16,17). The highest BCUT2D eigenvalue weighted by Crippen LogP contribution is 2.27. The highest BCUT2D eigenvalue weighted by atomic mass is 79.9. The van der Waals surface area contributed by atoms with Crippen LogP contribution in [0.2, 0.25) is 0 Å². The number of hydrogen-bond donors (Lipinski definition) is 3. The van der Waals surface area contributed by atoms with Gasteiger partial charge in [0.15, 0.2) is 0 Å². The molecule has 1 heterocycles. The molecule has 0 aliphatic heterocycles. The largest absolute Gasteiger partial charge is 0.396 e. The number of nitrogens with one attached hydrogen (secondary N) is 2. The molecule has 0 atom stereocenters. The molecule has 18 heavy (non-hydrogen) atoms. The second kappa shape index (κ2) is 6.89. The summed E-state index contributed by atoms with van der Waals surface area (Å²) in [7, 11) is 1.78. The van der Waals surface area contributed by atoms with Crippen molar-refractivity contribution >= 4 is 27.7 Å². The first kappa shape index (κ1) is 15.2. The SMILES string of the molecule is CCC(CC)(CO)CNc1nc(NC)ncc1Br. The zero-order valence-electron chi connectivity index (χ0n) is 11.1. The van der Waals surface area contributed by atoms with Gasteiger partial charge >= 0.3 is 0 Å². The Kier molecular flexibility index (Phi) is 5.81. The number of anilines is 2. The van der Waals surface area contributed by atoms with E-state index in [1.807, 2.05) is 0 Å². The molecule has 0 unspecified atom stereocenters. The summed E-state index contributed by atoms with van der Waals surface area (Å²) in [5.74, 6) is 1.32. The topological polar surface area (TPSA) is 70.1 Å². The van der Waals surface area contributed by atoms with Gasteiger partial charge in [0.2, 0.25) is 5.95 Å². The molecule has 6 heteroatoms. The third-order valence-corrected chi connectivity index (χ3v) is 4.01. The van der Waals surface area contributed by atoms with Crippen molar-refractivity contribution in [3.8, 4) is 0 Å². The summed E-state index contributed by atoms with van der Waals surface area (Å²) < 4.78 is 0.820. The molecule has 0 bridgehead atoms. The van der Waals surface area contributed by atoms with E-state index in [2.05, 4.69) is 50.4 Å². The van der Waals surface area contributed by atoms with E-state index in [4.69, 9.17) is 0 Å². The average molecular weight is 317 g/mol. The van der Waals surface area contributed by atoms with Gasteiger partial charge in [-0.15, -0.1) is 0 Å². The third kappa shape index (κ3) is 3.55. The smallest absolute Gasteiger partial charge is 0.224 e. The van der Waals surface area contributed by atoms with Crippen molar-refractivity contribution in [3.05, 3.63) is 10.7 Å². The van der Waals surface area contributed by atoms with Crippen LogP contribution in [0.4, 0.5) is 11.8 Å². The van der Waals surface area contributed by atoms with Gasteiger partial charge in [0.1, 0.15) is 5.82 Å². The van der Waals surface area contributed by atoms with Gasteiger partial charge in [-0.1, -0.05) is 13.8 Å². The van der Waals surface area contributed by atoms with Crippen LogP contribution < -0.4 is 10.6 Å². The van der Waals surface area contributed by atoms with E-state index in [0.717, 1.165) is 23.1 Å². The monoisotopic (exact) mass is 316 g/mol. The normalized spacial score (nSPS) is 11.4. The molecule has 0 saturated carbocycles. The Balaban J connectivity index is 2.78. The summed E-state index contributed by atoms with van der Waals surface area (Å²) in [5.41, 5.74) is -0.0931. The molecule has 5 nitrogen and oxygen atoms in total. The van der Waals surface area contributed by atoms with Gasteiger partial charge in [-0.2, -0.15) is 4.98 Å². The number of aliphatic hydroxyl groups is 1. The van der Waals surface area contributed by atoms with Gasteiger partial charge in [-0.25, -0.2) is 4.98 Å². The second-order valence-electron chi connectivity index (χ2n) is 4.36. The van der Waals surface area contributed by atoms with E-state index in [1.54, 1.807) is 13.2 Å². The maximum Gasteiger partial charge on any atom is 0.224 e. The van der Waals surface area contributed by atoms with Crippen molar-refractivity contribution in [2.75, 3.05) is 30.8 Å². The Morgan fingerprint density at radius 2 is 2.06 bits per heavy atom. The van der Waals surface area contributed by atoms with E-state index in [-0.39, 0.29) is 12.0 Å². The van der Waals surface area contributed by atoms with Crippen LogP contribution in [-0.2, 0) is 0 Å². The Morgan fingerprint density at radius 1 is 1.39 bits per heavy atom. The molecule has 0 fully saturated rings. The summed E-state index contributed by atoms with van der Waals surface area (Å²) in [5, 5.41) is 15.7.